The minimum Gasteiger partial charge on any atom is -0.442 e. The molecule has 1 aromatic carbocycles. The van der Waals surface area contributed by atoms with Gasteiger partial charge in [-0.25, -0.2) is 4.79 Å². The molecule has 25 heavy (non-hydrogen) atoms. The Morgan fingerprint density at radius 2 is 2.04 bits per heavy atom. The van der Waals surface area contributed by atoms with Gasteiger partial charge in [-0.3, -0.25) is 9.69 Å². The smallest absolute Gasteiger partial charge is 0.414 e. The molecule has 1 atom stereocenters. The van der Waals surface area contributed by atoms with E-state index in [0.29, 0.717) is 13.1 Å². The number of carbonyl (C=O) groups excluding carboxylic acids is 2. The summed E-state index contributed by atoms with van der Waals surface area (Å²) in [6.45, 7) is 2.30. The first-order chi connectivity index (χ1) is 12.1. The standard InChI is InChI=1S/C20H24N2O3/c1-13(23)21-11-17-12-22(20(24)25-17)16-8-9-19-15(10-16)6-2-4-14-5-3-7-18(14)19/h8-10,17H,2-7,11-12H2,1H3,(H,21,23)/t17-/m0/s1. The Morgan fingerprint density at radius 3 is 2.84 bits per heavy atom. The van der Waals surface area contributed by atoms with Gasteiger partial charge in [-0.1, -0.05) is 11.6 Å². The van der Waals surface area contributed by atoms with Crippen molar-refractivity contribution in [1.29, 1.82) is 0 Å². The van der Waals surface area contributed by atoms with Gasteiger partial charge in [0.05, 0.1) is 13.1 Å². The van der Waals surface area contributed by atoms with Crippen LogP contribution in [-0.2, 0) is 16.0 Å². The van der Waals surface area contributed by atoms with Crippen LogP contribution in [-0.4, -0.2) is 31.2 Å². The molecule has 0 unspecified atom stereocenters. The maximum Gasteiger partial charge on any atom is 0.414 e. The third kappa shape index (κ3) is 3.15. The van der Waals surface area contributed by atoms with E-state index < -0.39 is 0 Å². The summed E-state index contributed by atoms with van der Waals surface area (Å²) < 4.78 is 5.38. The zero-order valence-electron chi connectivity index (χ0n) is 14.6. The van der Waals surface area contributed by atoms with E-state index >= 15 is 0 Å². The number of allylic oxidation sites excluding steroid dienone is 2. The Kier molecular flexibility index (Phi) is 4.24. The average molecular weight is 340 g/mol. The van der Waals surface area contributed by atoms with E-state index in [1.165, 1.54) is 50.2 Å². The molecule has 4 rings (SSSR count). The summed E-state index contributed by atoms with van der Waals surface area (Å²) in [5, 5.41) is 2.71. The van der Waals surface area contributed by atoms with Gasteiger partial charge in [0.2, 0.25) is 5.91 Å². The molecular weight excluding hydrogens is 316 g/mol. The predicted octanol–water partition coefficient (Wildman–Crippen LogP) is 3.42. The predicted molar refractivity (Wildman–Crippen MR) is 96.4 cm³/mol. The zero-order chi connectivity index (χ0) is 17.4. The van der Waals surface area contributed by atoms with E-state index in [9.17, 15) is 9.59 Å². The Morgan fingerprint density at radius 1 is 1.24 bits per heavy atom. The van der Waals surface area contributed by atoms with E-state index in [0.717, 1.165) is 12.1 Å². The van der Waals surface area contributed by atoms with Crippen molar-refractivity contribution in [1.82, 2.24) is 5.32 Å². The van der Waals surface area contributed by atoms with Gasteiger partial charge in [0.15, 0.2) is 0 Å². The molecule has 1 aliphatic heterocycles. The molecule has 0 aromatic heterocycles. The van der Waals surface area contributed by atoms with Crippen molar-refractivity contribution in [3.8, 4) is 0 Å². The number of amides is 2. The molecule has 1 heterocycles. The molecule has 2 amide bonds. The van der Waals surface area contributed by atoms with Crippen molar-refractivity contribution in [2.45, 2.75) is 51.6 Å². The summed E-state index contributed by atoms with van der Waals surface area (Å²) in [4.78, 5) is 25.0. The molecule has 0 spiro atoms. The number of carbonyl (C=O) groups is 2. The maximum atomic E-state index is 12.2. The quantitative estimate of drug-likeness (QED) is 0.917. The topological polar surface area (TPSA) is 58.6 Å². The van der Waals surface area contributed by atoms with E-state index in [-0.39, 0.29) is 18.1 Å². The van der Waals surface area contributed by atoms with Gasteiger partial charge in [0, 0.05) is 12.6 Å². The molecule has 3 aliphatic rings. The van der Waals surface area contributed by atoms with Crippen molar-refractivity contribution < 1.29 is 14.3 Å². The highest BCUT2D eigenvalue weighted by atomic mass is 16.6. The first-order valence-electron chi connectivity index (χ1n) is 9.18. The molecule has 1 fully saturated rings. The fourth-order valence-corrected chi connectivity index (χ4v) is 4.24. The van der Waals surface area contributed by atoms with Crippen molar-refractivity contribution in [3.05, 3.63) is 34.9 Å². The van der Waals surface area contributed by atoms with Crippen LogP contribution in [0.25, 0.3) is 5.57 Å². The first-order valence-corrected chi connectivity index (χ1v) is 9.18. The molecule has 1 saturated heterocycles. The first kappa shape index (κ1) is 16.2. The van der Waals surface area contributed by atoms with Crippen LogP contribution in [0, 0.1) is 0 Å². The summed E-state index contributed by atoms with van der Waals surface area (Å²) in [5.41, 5.74) is 6.82. The van der Waals surface area contributed by atoms with Gasteiger partial charge in [-0.05, 0) is 67.4 Å². The van der Waals surface area contributed by atoms with Crippen LogP contribution in [0.4, 0.5) is 10.5 Å². The number of cyclic esters (lactones) is 1. The highest BCUT2D eigenvalue weighted by Crippen LogP contribution is 2.41. The van der Waals surface area contributed by atoms with Crippen LogP contribution in [0.3, 0.4) is 0 Å². The lowest BCUT2D eigenvalue weighted by Gasteiger charge is -2.17. The van der Waals surface area contributed by atoms with Gasteiger partial charge in [-0.15, -0.1) is 0 Å². The van der Waals surface area contributed by atoms with Crippen LogP contribution in [0.1, 0.15) is 50.2 Å². The van der Waals surface area contributed by atoms with E-state index in [4.69, 9.17) is 4.74 Å². The van der Waals surface area contributed by atoms with E-state index in [1.807, 2.05) is 6.07 Å². The number of nitrogens with one attached hydrogen (secondary N) is 1. The molecule has 0 bridgehead atoms. The van der Waals surface area contributed by atoms with Crippen molar-refractivity contribution in [2.24, 2.45) is 0 Å². The second-order valence-electron chi connectivity index (χ2n) is 7.18. The fourth-order valence-electron chi connectivity index (χ4n) is 4.24. The highest BCUT2D eigenvalue weighted by Gasteiger charge is 2.33. The molecule has 132 valence electrons. The minimum absolute atomic E-state index is 0.111. The Hall–Kier alpha value is -2.30. The lowest BCUT2D eigenvalue weighted by molar-refractivity contribution is -0.119. The third-order valence-corrected chi connectivity index (χ3v) is 5.44. The maximum absolute atomic E-state index is 12.2. The molecule has 1 aromatic rings. The summed E-state index contributed by atoms with van der Waals surface area (Å²) in [6.07, 6.45) is 6.55. The van der Waals surface area contributed by atoms with Gasteiger partial charge in [0.25, 0.3) is 0 Å². The van der Waals surface area contributed by atoms with Gasteiger partial charge >= 0.3 is 6.09 Å². The summed E-state index contributed by atoms with van der Waals surface area (Å²) in [7, 11) is 0. The van der Waals surface area contributed by atoms with E-state index in [1.54, 1.807) is 16.0 Å². The second-order valence-corrected chi connectivity index (χ2v) is 7.18. The molecule has 0 radical (unpaired) electrons. The molecule has 0 saturated carbocycles. The second kappa shape index (κ2) is 6.54. The fraction of sp³-hybridized carbons (Fsp3) is 0.500. The lowest BCUT2D eigenvalue weighted by Crippen LogP contribution is -2.33. The third-order valence-electron chi connectivity index (χ3n) is 5.44. The van der Waals surface area contributed by atoms with E-state index in [2.05, 4.69) is 17.4 Å². The molecule has 1 N–H and O–H groups in total. The largest absolute Gasteiger partial charge is 0.442 e. The Labute approximate surface area is 148 Å². The number of ether oxygens (including phenoxy) is 1. The lowest BCUT2D eigenvalue weighted by atomic mass is 9.96. The number of benzene rings is 1. The van der Waals surface area contributed by atoms with Crippen LogP contribution in [0.2, 0.25) is 0 Å². The summed E-state index contributed by atoms with van der Waals surface area (Å²) >= 11 is 0. The van der Waals surface area contributed by atoms with Crippen LogP contribution >= 0.6 is 0 Å². The monoisotopic (exact) mass is 340 g/mol. The number of nitrogens with zero attached hydrogens (tertiary/aromatic N) is 1. The molecule has 5 heteroatoms. The van der Waals surface area contributed by atoms with Crippen molar-refractivity contribution in [3.63, 3.8) is 0 Å². The van der Waals surface area contributed by atoms with Crippen LogP contribution < -0.4 is 10.2 Å². The van der Waals surface area contributed by atoms with Gasteiger partial charge < -0.3 is 10.1 Å². The normalized spacial score (nSPS) is 22.4. The van der Waals surface area contributed by atoms with Gasteiger partial charge in [0.1, 0.15) is 6.10 Å². The Balaban J connectivity index is 1.55. The molecular formula is C20H24N2O3. The van der Waals surface area contributed by atoms with Crippen LogP contribution in [0.15, 0.2) is 23.8 Å². The average Bonchev–Trinajstić information content (AvgIpc) is 3.15. The number of rotatable bonds is 3. The minimum atomic E-state index is -0.329. The number of fused-ring (bicyclic) bond motifs is 2. The summed E-state index contributed by atoms with van der Waals surface area (Å²) in [6, 6.07) is 6.38. The van der Waals surface area contributed by atoms with Gasteiger partial charge in [-0.2, -0.15) is 0 Å². The van der Waals surface area contributed by atoms with Crippen molar-refractivity contribution >= 4 is 23.3 Å². The van der Waals surface area contributed by atoms with Crippen LogP contribution in [0.5, 0.6) is 0 Å². The Bertz CT molecular complexity index is 753. The highest BCUT2D eigenvalue weighted by molar-refractivity contribution is 5.90. The number of hydrogen-bond donors (Lipinski definition) is 1. The zero-order valence-corrected chi connectivity index (χ0v) is 14.6. The number of hydrogen-bond acceptors (Lipinski definition) is 3. The van der Waals surface area contributed by atoms with Crippen molar-refractivity contribution in [2.75, 3.05) is 18.0 Å². The number of aryl methyl sites for hydroxylation is 1. The molecule has 2 aliphatic carbocycles. The summed E-state index contributed by atoms with van der Waals surface area (Å²) in [5.74, 6) is -0.111. The number of anilines is 1. The molecule has 5 nitrogen and oxygen atoms in total. The SMILES string of the molecule is CC(=O)NC[C@H]1CN(c2ccc3c(c2)CCCC2=C3CCC2)C(=O)O1.